The number of amides is 1. The van der Waals surface area contributed by atoms with Crippen molar-refractivity contribution in [2.45, 2.75) is 0 Å². The third-order valence-electron chi connectivity index (χ3n) is 2.38. The van der Waals surface area contributed by atoms with Gasteiger partial charge in [-0.3, -0.25) is 9.69 Å². The molecule has 14 heavy (non-hydrogen) atoms. The largest absolute Gasteiger partial charge is 0.334 e. The van der Waals surface area contributed by atoms with Crippen molar-refractivity contribution in [2.24, 2.45) is 5.73 Å². The minimum atomic E-state index is -0.0487. The Morgan fingerprint density at radius 3 is 2.50 bits per heavy atom. The second-order valence-electron chi connectivity index (χ2n) is 3.33. The van der Waals surface area contributed by atoms with E-state index in [1.165, 1.54) is 0 Å². The van der Waals surface area contributed by atoms with Gasteiger partial charge in [0.15, 0.2) is 0 Å². The van der Waals surface area contributed by atoms with Crippen molar-refractivity contribution >= 4 is 5.91 Å². The van der Waals surface area contributed by atoms with Crippen LogP contribution in [0.1, 0.15) is 0 Å². The molecule has 0 unspecified atom stereocenters. The van der Waals surface area contributed by atoms with E-state index in [4.69, 9.17) is 12.3 Å². The van der Waals surface area contributed by atoms with Crippen LogP contribution in [0.3, 0.4) is 0 Å². The maximum atomic E-state index is 11.3. The number of carbonyl (C=O) groups is 1. The van der Waals surface area contributed by atoms with E-state index in [0.29, 0.717) is 6.54 Å². The highest BCUT2D eigenvalue weighted by Gasteiger charge is 2.21. The van der Waals surface area contributed by atoms with E-state index in [2.05, 4.69) is 9.74 Å². The number of piperazine rings is 1. The number of carbonyl (C=O) groups excluding carboxylic acids is 1. The Bertz CT molecular complexity index is 227. The summed E-state index contributed by atoms with van der Waals surface area (Å²) in [7, 11) is 0. The lowest BCUT2D eigenvalue weighted by molar-refractivity contribution is -0.130. The summed E-state index contributed by atoms with van der Waals surface area (Å²) in [5.74, 6) is -0.0487. The van der Waals surface area contributed by atoms with Crippen LogP contribution in [-0.4, -0.2) is 61.5 Å². The van der Waals surface area contributed by atoms with Gasteiger partial charge < -0.3 is 15.5 Å². The first-order valence-electron chi connectivity index (χ1n) is 4.81. The van der Waals surface area contributed by atoms with Gasteiger partial charge in [-0.1, -0.05) is 0 Å². The highest BCUT2D eigenvalue weighted by molar-refractivity contribution is 5.79. The maximum absolute atomic E-state index is 11.3. The van der Waals surface area contributed by atoms with Crippen molar-refractivity contribution in [3.05, 3.63) is 11.4 Å². The van der Waals surface area contributed by atoms with Gasteiger partial charge in [-0.15, -0.1) is 0 Å². The van der Waals surface area contributed by atoms with Gasteiger partial charge in [0.1, 0.15) is 0 Å². The summed E-state index contributed by atoms with van der Waals surface area (Å²) in [6, 6.07) is 0. The van der Waals surface area contributed by atoms with Gasteiger partial charge in [0, 0.05) is 39.3 Å². The molecule has 0 bridgehead atoms. The Morgan fingerprint density at radius 1 is 1.36 bits per heavy atom. The van der Waals surface area contributed by atoms with Gasteiger partial charge >= 0.3 is 5.91 Å². The molecule has 1 fully saturated rings. The van der Waals surface area contributed by atoms with Crippen molar-refractivity contribution in [3.63, 3.8) is 0 Å². The van der Waals surface area contributed by atoms with Crippen molar-refractivity contribution < 1.29 is 4.79 Å². The number of nitrogens with two attached hydrogens (primary N) is 1. The van der Waals surface area contributed by atoms with Gasteiger partial charge in [-0.25, -0.2) is 6.57 Å². The zero-order valence-corrected chi connectivity index (χ0v) is 8.28. The molecular formula is C9H16N4O. The average molecular weight is 196 g/mol. The fraction of sp³-hybridized carbons (Fsp3) is 0.778. The number of hydrogen-bond acceptors (Lipinski definition) is 3. The normalized spacial score (nSPS) is 17.9. The van der Waals surface area contributed by atoms with Crippen LogP contribution >= 0.6 is 0 Å². The lowest BCUT2D eigenvalue weighted by Gasteiger charge is -2.33. The summed E-state index contributed by atoms with van der Waals surface area (Å²) in [4.78, 5) is 18.4. The highest BCUT2D eigenvalue weighted by atomic mass is 16.2. The second kappa shape index (κ2) is 5.58. The third-order valence-corrected chi connectivity index (χ3v) is 2.38. The lowest BCUT2D eigenvalue weighted by Crippen LogP contribution is -2.50. The minimum absolute atomic E-state index is 0.0170. The molecule has 0 aromatic carbocycles. The standard InChI is InChI=1S/C9H16N4O/c1-11-8-9(14)13-6-4-12(3-2-10)5-7-13/h2-8,10H2. The Hall–Kier alpha value is -1.12. The Labute approximate surface area is 84.3 Å². The van der Waals surface area contributed by atoms with Crippen LogP contribution in [-0.2, 0) is 4.79 Å². The molecule has 0 radical (unpaired) electrons. The molecule has 0 aliphatic carbocycles. The van der Waals surface area contributed by atoms with E-state index >= 15 is 0 Å². The first kappa shape index (κ1) is 11.0. The van der Waals surface area contributed by atoms with Crippen LogP contribution in [0.4, 0.5) is 0 Å². The molecule has 0 saturated carbocycles. The summed E-state index contributed by atoms with van der Waals surface area (Å²) >= 11 is 0. The van der Waals surface area contributed by atoms with Gasteiger partial charge in [0.25, 0.3) is 6.54 Å². The van der Waals surface area contributed by atoms with E-state index < -0.39 is 0 Å². The van der Waals surface area contributed by atoms with Crippen molar-refractivity contribution in [1.29, 1.82) is 0 Å². The molecule has 2 N–H and O–H groups in total. The van der Waals surface area contributed by atoms with E-state index in [9.17, 15) is 4.79 Å². The van der Waals surface area contributed by atoms with Crippen LogP contribution in [0.15, 0.2) is 0 Å². The van der Waals surface area contributed by atoms with Crippen LogP contribution in [0, 0.1) is 6.57 Å². The Morgan fingerprint density at radius 2 is 2.00 bits per heavy atom. The molecule has 0 aromatic heterocycles. The van der Waals surface area contributed by atoms with Crippen LogP contribution in [0.5, 0.6) is 0 Å². The monoisotopic (exact) mass is 196 g/mol. The van der Waals surface area contributed by atoms with Gasteiger partial charge in [0.2, 0.25) is 0 Å². The molecule has 5 nitrogen and oxygen atoms in total. The lowest BCUT2D eigenvalue weighted by atomic mass is 10.3. The first-order valence-corrected chi connectivity index (χ1v) is 4.81. The summed E-state index contributed by atoms with van der Waals surface area (Å²) in [5, 5.41) is 0. The molecule has 0 spiro atoms. The number of hydrogen-bond donors (Lipinski definition) is 1. The van der Waals surface area contributed by atoms with Gasteiger partial charge in [0.05, 0.1) is 0 Å². The molecule has 5 heteroatoms. The second-order valence-corrected chi connectivity index (χ2v) is 3.33. The van der Waals surface area contributed by atoms with E-state index in [0.717, 1.165) is 32.7 Å². The Kier molecular flexibility index (Phi) is 4.36. The molecule has 1 amide bonds. The van der Waals surface area contributed by atoms with Crippen LogP contribution in [0.25, 0.3) is 4.85 Å². The first-order chi connectivity index (χ1) is 6.77. The molecule has 78 valence electrons. The molecule has 1 saturated heterocycles. The SMILES string of the molecule is [C-]#[N+]CC(=O)N1CCN(CCN)CC1. The highest BCUT2D eigenvalue weighted by Crippen LogP contribution is 2.01. The molecule has 1 heterocycles. The molecule has 1 aliphatic heterocycles. The maximum Gasteiger partial charge on any atom is 0.302 e. The van der Waals surface area contributed by atoms with E-state index in [-0.39, 0.29) is 12.5 Å². The van der Waals surface area contributed by atoms with E-state index in [1.54, 1.807) is 4.90 Å². The minimum Gasteiger partial charge on any atom is -0.334 e. The number of nitrogens with zero attached hydrogens (tertiary/aromatic N) is 3. The molecule has 0 atom stereocenters. The zero-order chi connectivity index (χ0) is 10.4. The smallest absolute Gasteiger partial charge is 0.302 e. The fourth-order valence-corrected chi connectivity index (χ4v) is 1.57. The molecule has 0 aromatic rings. The Balaban J connectivity index is 2.29. The van der Waals surface area contributed by atoms with Gasteiger partial charge in [-0.2, -0.15) is 0 Å². The van der Waals surface area contributed by atoms with Crippen molar-refractivity contribution in [2.75, 3.05) is 45.8 Å². The summed E-state index contributed by atoms with van der Waals surface area (Å²) < 4.78 is 0. The molecule has 1 rings (SSSR count). The number of rotatable bonds is 3. The van der Waals surface area contributed by atoms with Gasteiger partial charge in [-0.05, 0) is 0 Å². The quantitative estimate of drug-likeness (QED) is 0.590. The summed E-state index contributed by atoms with van der Waals surface area (Å²) in [5.41, 5.74) is 5.44. The van der Waals surface area contributed by atoms with Crippen molar-refractivity contribution in [3.8, 4) is 0 Å². The van der Waals surface area contributed by atoms with Crippen LogP contribution in [0.2, 0.25) is 0 Å². The molecule has 1 aliphatic rings. The van der Waals surface area contributed by atoms with Crippen LogP contribution < -0.4 is 5.73 Å². The predicted octanol–water partition coefficient (Wildman–Crippen LogP) is -0.991. The topological polar surface area (TPSA) is 53.9 Å². The van der Waals surface area contributed by atoms with Crippen molar-refractivity contribution in [1.82, 2.24) is 9.80 Å². The summed E-state index contributed by atoms with van der Waals surface area (Å²) in [6.45, 7) is 11.4. The summed E-state index contributed by atoms with van der Waals surface area (Å²) in [6.07, 6.45) is 0. The zero-order valence-electron chi connectivity index (χ0n) is 8.28. The predicted molar refractivity (Wildman–Crippen MR) is 53.5 cm³/mol. The van der Waals surface area contributed by atoms with E-state index in [1.807, 2.05) is 0 Å². The third kappa shape index (κ3) is 2.98. The molecular weight excluding hydrogens is 180 g/mol. The average Bonchev–Trinajstić information content (AvgIpc) is 2.20. The fourth-order valence-electron chi connectivity index (χ4n) is 1.57.